The summed E-state index contributed by atoms with van der Waals surface area (Å²) in [5.41, 5.74) is 3.46. The van der Waals surface area contributed by atoms with Gasteiger partial charge in [-0.15, -0.1) is 0 Å². The Morgan fingerprint density at radius 3 is 2.81 bits per heavy atom. The topological polar surface area (TPSA) is 60.9 Å². The number of carbonyl (C=O) groups excluding carboxylic acids is 1. The summed E-state index contributed by atoms with van der Waals surface area (Å²) in [6.45, 7) is 4.38. The van der Waals surface area contributed by atoms with E-state index in [0.29, 0.717) is 43.5 Å². The molecule has 6 nitrogen and oxygen atoms in total. The summed E-state index contributed by atoms with van der Waals surface area (Å²) in [7, 11) is 0. The van der Waals surface area contributed by atoms with Gasteiger partial charge in [-0.05, 0) is 54.5 Å². The summed E-state index contributed by atoms with van der Waals surface area (Å²) in [4.78, 5) is 19.3. The molecule has 3 heterocycles. The number of hydrogen-bond acceptors (Lipinski definition) is 6. The molecule has 0 spiro atoms. The zero-order chi connectivity index (χ0) is 21.2. The molecule has 0 amide bonds. The van der Waals surface area contributed by atoms with Gasteiger partial charge in [0.1, 0.15) is 24.0 Å². The molecule has 2 aliphatic rings. The van der Waals surface area contributed by atoms with Crippen molar-refractivity contribution in [3.05, 3.63) is 88.9 Å². The number of ketones is 1. The molecule has 6 heteroatoms. The van der Waals surface area contributed by atoms with Crippen LogP contribution in [0.2, 0.25) is 0 Å². The highest BCUT2D eigenvalue weighted by Crippen LogP contribution is 2.42. The largest absolute Gasteiger partial charge is 0.494 e. The zero-order valence-corrected chi connectivity index (χ0v) is 17.2. The highest BCUT2D eigenvalue weighted by Gasteiger charge is 2.33. The molecule has 0 atom stereocenters. The van der Waals surface area contributed by atoms with Gasteiger partial charge >= 0.3 is 0 Å². The number of nitrogens with zero attached hydrogens (tertiary/aromatic N) is 2. The van der Waals surface area contributed by atoms with Gasteiger partial charge in [-0.25, -0.2) is 0 Å². The molecule has 156 valence electrons. The van der Waals surface area contributed by atoms with Crippen LogP contribution in [0.4, 0.5) is 0 Å². The van der Waals surface area contributed by atoms with E-state index in [1.54, 1.807) is 18.3 Å². The van der Waals surface area contributed by atoms with Gasteiger partial charge in [0.05, 0.1) is 17.7 Å². The number of aromatic nitrogens is 1. The first-order valence-corrected chi connectivity index (χ1v) is 10.3. The SMILES string of the molecule is CCOc1ccc(/C=C2\Oc3c(ccc4c3CN(Cc3cccnc3)CO4)C2=O)cc1. The standard InChI is InChI=1S/C25H22N2O4/c1-2-29-19-7-5-17(6-8-19)12-23-24(28)20-9-10-22-21(25(20)31-23)15-27(16-30-22)14-18-4-3-11-26-13-18/h3-13H,2,14-16H2,1H3/b23-12-. The lowest BCUT2D eigenvalue weighted by Crippen LogP contribution is -2.31. The van der Waals surface area contributed by atoms with Crippen LogP contribution in [0.25, 0.3) is 6.08 Å². The second kappa shape index (κ2) is 8.24. The molecule has 2 aromatic carbocycles. The monoisotopic (exact) mass is 414 g/mol. The van der Waals surface area contributed by atoms with Crippen molar-refractivity contribution < 1.29 is 19.0 Å². The number of allylic oxidation sites excluding steroid dienone is 1. The maximum atomic E-state index is 12.9. The molecule has 2 aliphatic heterocycles. The number of fused-ring (bicyclic) bond motifs is 3. The van der Waals surface area contributed by atoms with Gasteiger partial charge in [0.15, 0.2) is 5.76 Å². The minimum atomic E-state index is -0.115. The lowest BCUT2D eigenvalue weighted by atomic mass is 10.0. The molecule has 0 N–H and O–H groups in total. The second-order valence-electron chi connectivity index (χ2n) is 7.48. The average molecular weight is 414 g/mol. The highest BCUT2D eigenvalue weighted by molar-refractivity contribution is 6.15. The third-order valence-corrected chi connectivity index (χ3v) is 5.30. The van der Waals surface area contributed by atoms with Crippen LogP contribution < -0.4 is 14.2 Å². The van der Waals surface area contributed by atoms with E-state index in [-0.39, 0.29) is 5.78 Å². The molecular formula is C25H22N2O4. The van der Waals surface area contributed by atoms with Gasteiger partial charge in [0, 0.05) is 25.5 Å². The molecule has 0 radical (unpaired) electrons. The van der Waals surface area contributed by atoms with Crippen LogP contribution in [0.3, 0.4) is 0 Å². The third kappa shape index (κ3) is 3.90. The quantitative estimate of drug-likeness (QED) is 0.575. The van der Waals surface area contributed by atoms with E-state index in [1.807, 2.05) is 55.6 Å². The number of pyridine rings is 1. The van der Waals surface area contributed by atoms with Crippen LogP contribution in [-0.2, 0) is 13.1 Å². The van der Waals surface area contributed by atoms with Gasteiger partial charge in [0.25, 0.3) is 0 Å². The molecule has 31 heavy (non-hydrogen) atoms. The highest BCUT2D eigenvalue weighted by atomic mass is 16.5. The van der Waals surface area contributed by atoms with Crippen LogP contribution >= 0.6 is 0 Å². The van der Waals surface area contributed by atoms with E-state index in [2.05, 4.69) is 9.88 Å². The third-order valence-electron chi connectivity index (χ3n) is 5.30. The van der Waals surface area contributed by atoms with Crippen molar-refractivity contribution in [2.75, 3.05) is 13.3 Å². The Bertz CT molecular complexity index is 1140. The molecular weight excluding hydrogens is 392 g/mol. The summed E-state index contributed by atoms with van der Waals surface area (Å²) in [6, 6.07) is 15.2. The first-order chi connectivity index (χ1) is 15.2. The van der Waals surface area contributed by atoms with Gasteiger partial charge < -0.3 is 14.2 Å². The van der Waals surface area contributed by atoms with Crippen molar-refractivity contribution >= 4 is 11.9 Å². The Hall–Kier alpha value is -3.64. The summed E-state index contributed by atoms with van der Waals surface area (Å²) >= 11 is 0. The summed E-state index contributed by atoms with van der Waals surface area (Å²) in [6.07, 6.45) is 5.38. The number of benzene rings is 2. The Kier molecular flexibility index (Phi) is 5.14. The molecule has 0 saturated carbocycles. The van der Waals surface area contributed by atoms with Crippen molar-refractivity contribution in [2.45, 2.75) is 20.0 Å². The normalized spacial score (nSPS) is 16.4. The van der Waals surface area contributed by atoms with E-state index in [0.717, 1.165) is 28.2 Å². The zero-order valence-electron chi connectivity index (χ0n) is 17.2. The fourth-order valence-electron chi connectivity index (χ4n) is 3.83. The summed E-state index contributed by atoms with van der Waals surface area (Å²) < 4.78 is 17.5. The first-order valence-electron chi connectivity index (χ1n) is 10.3. The number of rotatable bonds is 5. The van der Waals surface area contributed by atoms with Crippen molar-refractivity contribution in [1.29, 1.82) is 0 Å². The predicted molar refractivity (Wildman–Crippen MR) is 116 cm³/mol. The Balaban J connectivity index is 1.39. The first kappa shape index (κ1) is 19.3. The van der Waals surface area contributed by atoms with Crippen LogP contribution in [-0.4, -0.2) is 29.0 Å². The maximum Gasteiger partial charge on any atom is 0.231 e. The molecule has 0 unspecified atom stereocenters. The minimum Gasteiger partial charge on any atom is -0.494 e. The molecule has 0 fully saturated rings. The van der Waals surface area contributed by atoms with Crippen molar-refractivity contribution in [1.82, 2.24) is 9.88 Å². The molecule has 3 aromatic rings. The molecule has 0 saturated heterocycles. The average Bonchev–Trinajstić information content (AvgIpc) is 3.12. The second-order valence-corrected chi connectivity index (χ2v) is 7.48. The number of hydrogen-bond donors (Lipinski definition) is 0. The van der Waals surface area contributed by atoms with E-state index >= 15 is 0 Å². The Labute approximate surface area is 180 Å². The van der Waals surface area contributed by atoms with Gasteiger partial charge in [-0.2, -0.15) is 0 Å². The van der Waals surface area contributed by atoms with Gasteiger partial charge in [-0.1, -0.05) is 18.2 Å². The Morgan fingerprint density at radius 1 is 1.16 bits per heavy atom. The van der Waals surface area contributed by atoms with Crippen LogP contribution in [0.1, 0.15) is 34.0 Å². The van der Waals surface area contributed by atoms with Crippen LogP contribution in [0, 0.1) is 0 Å². The number of carbonyl (C=O) groups is 1. The van der Waals surface area contributed by atoms with E-state index in [1.165, 1.54) is 0 Å². The maximum absolute atomic E-state index is 12.9. The van der Waals surface area contributed by atoms with E-state index in [9.17, 15) is 4.79 Å². The van der Waals surface area contributed by atoms with Crippen molar-refractivity contribution in [3.8, 4) is 17.2 Å². The van der Waals surface area contributed by atoms with Crippen LogP contribution in [0.5, 0.6) is 17.2 Å². The molecule has 5 rings (SSSR count). The predicted octanol–water partition coefficient (Wildman–Crippen LogP) is 4.45. The van der Waals surface area contributed by atoms with Gasteiger partial charge in [0.2, 0.25) is 5.78 Å². The minimum absolute atomic E-state index is 0.115. The smallest absolute Gasteiger partial charge is 0.231 e. The van der Waals surface area contributed by atoms with Crippen LogP contribution in [0.15, 0.2) is 66.7 Å². The fraction of sp³-hybridized carbons (Fsp3) is 0.200. The van der Waals surface area contributed by atoms with E-state index < -0.39 is 0 Å². The summed E-state index contributed by atoms with van der Waals surface area (Å²) in [5, 5.41) is 0. The lowest BCUT2D eigenvalue weighted by molar-refractivity contribution is 0.0872. The fourth-order valence-corrected chi connectivity index (χ4v) is 3.83. The van der Waals surface area contributed by atoms with Crippen molar-refractivity contribution in [2.24, 2.45) is 0 Å². The van der Waals surface area contributed by atoms with Gasteiger partial charge in [-0.3, -0.25) is 14.7 Å². The van der Waals surface area contributed by atoms with E-state index in [4.69, 9.17) is 14.2 Å². The van der Waals surface area contributed by atoms with Crippen molar-refractivity contribution in [3.63, 3.8) is 0 Å². The molecule has 1 aromatic heterocycles. The number of Topliss-reactive ketones (excluding diaryl/α,β-unsaturated/α-hetero) is 1. The summed E-state index contributed by atoms with van der Waals surface area (Å²) in [5.74, 6) is 2.35. The Morgan fingerprint density at radius 2 is 2.03 bits per heavy atom. The number of ether oxygens (including phenoxy) is 3. The molecule has 0 bridgehead atoms. The lowest BCUT2D eigenvalue weighted by Gasteiger charge is -2.29. The molecule has 0 aliphatic carbocycles.